The molecule has 0 saturated carbocycles. The second kappa shape index (κ2) is 8.84. The second-order valence-electron chi connectivity index (χ2n) is 7.36. The van der Waals surface area contributed by atoms with Gasteiger partial charge < -0.3 is 4.42 Å². The topological polar surface area (TPSA) is 78.7 Å². The highest BCUT2D eigenvalue weighted by molar-refractivity contribution is 7.99. The number of oxazole rings is 1. The van der Waals surface area contributed by atoms with Crippen molar-refractivity contribution in [1.29, 1.82) is 0 Å². The molecule has 5 rings (SSSR count). The minimum Gasteiger partial charge on any atom is -0.408 e. The van der Waals surface area contributed by atoms with E-state index in [0.29, 0.717) is 12.1 Å². The minimum absolute atomic E-state index is 0.321. The Morgan fingerprint density at radius 1 is 1.00 bits per heavy atom. The molecule has 0 fully saturated rings. The van der Waals surface area contributed by atoms with Crippen LogP contribution in [0.3, 0.4) is 0 Å². The van der Waals surface area contributed by atoms with Crippen LogP contribution in [0.4, 0.5) is 0 Å². The van der Waals surface area contributed by atoms with E-state index in [2.05, 4.69) is 38.8 Å². The maximum atomic E-state index is 12.2. The van der Waals surface area contributed by atoms with E-state index in [1.54, 1.807) is 28.7 Å². The summed E-state index contributed by atoms with van der Waals surface area (Å²) in [6.45, 7) is 2.66. The number of aryl methyl sites for hydroxylation is 2. The number of pyridine rings is 1. The Labute approximate surface area is 188 Å². The first-order chi connectivity index (χ1) is 15.7. The smallest absolute Gasteiger partial charge is 0.408 e. The minimum atomic E-state index is -0.321. The van der Waals surface area contributed by atoms with Crippen molar-refractivity contribution >= 4 is 22.9 Å². The molecule has 0 atom stereocenters. The fourth-order valence-electron chi connectivity index (χ4n) is 3.69. The molecule has 0 bridgehead atoms. The van der Waals surface area contributed by atoms with Crippen LogP contribution in [0, 0.1) is 6.92 Å². The molecule has 0 radical (unpaired) electrons. The zero-order valence-corrected chi connectivity index (χ0v) is 18.3. The van der Waals surface area contributed by atoms with Gasteiger partial charge in [-0.25, -0.2) is 4.79 Å². The number of hydrogen-bond donors (Lipinski definition) is 0. The predicted octanol–water partition coefficient (Wildman–Crippen LogP) is 4.73. The Morgan fingerprint density at radius 3 is 2.69 bits per heavy atom. The molecule has 8 heteroatoms. The average molecular weight is 444 g/mol. The third-order valence-corrected chi connectivity index (χ3v) is 6.26. The zero-order chi connectivity index (χ0) is 21.9. The van der Waals surface area contributed by atoms with Crippen LogP contribution in [0.2, 0.25) is 0 Å². The van der Waals surface area contributed by atoms with Crippen molar-refractivity contribution in [2.24, 2.45) is 0 Å². The Bertz CT molecular complexity index is 1420. The monoisotopic (exact) mass is 443 g/mol. The summed E-state index contributed by atoms with van der Waals surface area (Å²) in [5.41, 5.74) is 4.52. The molecule has 5 aromatic rings. The van der Waals surface area contributed by atoms with Crippen LogP contribution < -0.4 is 5.76 Å². The van der Waals surface area contributed by atoms with Crippen molar-refractivity contribution in [1.82, 2.24) is 24.3 Å². The van der Waals surface area contributed by atoms with Gasteiger partial charge in [0.1, 0.15) is 0 Å². The standard InChI is InChI=1S/C24H21N5O2S/c1-17-8-2-3-10-19(17)29-22(18-9-6-13-25-16-18)26-27-23(29)32-15-7-14-28-20-11-4-5-12-21(20)31-24(28)30/h2-6,8-13,16H,7,14-15H2,1H3. The van der Waals surface area contributed by atoms with Crippen molar-refractivity contribution in [3.63, 3.8) is 0 Å². The van der Waals surface area contributed by atoms with Gasteiger partial charge in [0.25, 0.3) is 0 Å². The highest BCUT2D eigenvalue weighted by atomic mass is 32.2. The first kappa shape index (κ1) is 20.3. The van der Waals surface area contributed by atoms with Crippen molar-refractivity contribution in [3.8, 4) is 17.1 Å². The first-order valence-corrected chi connectivity index (χ1v) is 11.3. The lowest BCUT2D eigenvalue weighted by Gasteiger charge is -2.12. The van der Waals surface area contributed by atoms with Gasteiger partial charge in [0.2, 0.25) is 0 Å². The van der Waals surface area contributed by atoms with Gasteiger partial charge in [0, 0.05) is 30.3 Å². The zero-order valence-electron chi connectivity index (χ0n) is 17.5. The highest BCUT2D eigenvalue weighted by Gasteiger charge is 2.17. The quantitative estimate of drug-likeness (QED) is 0.267. The van der Waals surface area contributed by atoms with Gasteiger partial charge in [-0.05, 0) is 49.2 Å². The SMILES string of the molecule is Cc1ccccc1-n1c(SCCCn2c(=O)oc3ccccc32)nnc1-c1cccnc1. The molecule has 160 valence electrons. The molecule has 3 heterocycles. The van der Waals surface area contributed by atoms with Crippen LogP contribution in [0.1, 0.15) is 12.0 Å². The number of fused-ring (bicyclic) bond motifs is 1. The van der Waals surface area contributed by atoms with E-state index in [1.807, 2.05) is 48.5 Å². The summed E-state index contributed by atoms with van der Waals surface area (Å²) in [6, 6.07) is 19.6. The summed E-state index contributed by atoms with van der Waals surface area (Å²) in [5, 5.41) is 9.75. The molecule has 0 saturated heterocycles. The predicted molar refractivity (Wildman–Crippen MR) is 125 cm³/mol. The molecular weight excluding hydrogens is 422 g/mol. The Hall–Kier alpha value is -3.65. The van der Waals surface area contributed by atoms with Gasteiger partial charge in [-0.15, -0.1) is 10.2 Å². The largest absolute Gasteiger partial charge is 0.419 e. The van der Waals surface area contributed by atoms with E-state index >= 15 is 0 Å². The van der Waals surface area contributed by atoms with E-state index in [0.717, 1.165) is 45.5 Å². The molecule has 0 spiro atoms. The van der Waals surface area contributed by atoms with E-state index in [9.17, 15) is 4.79 Å². The third kappa shape index (κ3) is 3.85. The summed E-state index contributed by atoms with van der Waals surface area (Å²) in [7, 11) is 0. The second-order valence-corrected chi connectivity index (χ2v) is 8.42. The van der Waals surface area contributed by atoms with Crippen molar-refractivity contribution in [2.75, 3.05) is 5.75 Å². The molecule has 0 unspecified atom stereocenters. The normalized spacial score (nSPS) is 11.3. The average Bonchev–Trinajstić information content (AvgIpc) is 3.38. The number of nitrogens with zero attached hydrogens (tertiary/aromatic N) is 5. The maximum Gasteiger partial charge on any atom is 0.419 e. The lowest BCUT2D eigenvalue weighted by Crippen LogP contribution is -2.14. The summed E-state index contributed by atoms with van der Waals surface area (Å²) in [6.07, 6.45) is 4.33. The van der Waals surface area contributed by atoms with Crippen molar-refractivity contribution in [2.45, 2.75) is 25.0 Å². The van der Waals surface area contributed by atoms with Gasteiger partial charge in [-0.3, -0.25) is 14.1 Å². The van der Waals surface area contributed by atoms with Crippen molar-refractivity contribution in [3.05, 3.63) is 89.2 Å². The Kier molecular flexibility index (Phi) is 5.60. The van der Waals surface area contributed by atoms with Gasteiger partial charge in [0.05, 0.1) is 11.2 Å². The van der Waals surface area contributed by atoms with E-state index in [-0.39, 0.29) is 5.76 Å². The number of benzene rings is 2. The lowest BCUT2D eigenvalue weighted by molar-refractivity contribution is 0.503. The van der Waals surface area contributed by atoms with Crippen LogP contribution in [-0.4, -0.2) is 30.1 Å². The van der Waals surface area contributed by atoms with E-state index in [1.165, 1.54) is 0 Å². The molecule has 0 aliphatic carbocycles. The first-order valence-electron chi connectivity index (χ1n) is 10.4. The Balaban J connectivity index is 1.39. The molecule has 32 heavy (non-hydrogen) atoms. The number of aromatic nitrogens is 5. The van der Waals surface area contributed by atoms with Gasteiger partial charge in [0.15, 0.2) is 16.6 Å². The number of hydrogen-bond acceptors (Lipinski definition) is 6. The molecule has 0 amide bonds. The van der Waals surface area contributed by atoms with Gasteiger partial charge >= 0.3 is 5.76 Å². The summed E-state index contributed by atoms with van der Waals surface area (Å²) in [4.78, 5) is 16.4. The van der Waals surface area contributed by atoms with Gasteiger partial charge in [-0.2, -0.15) is 0 Å². The molecule has 0 N–H and O–H groups in total. The number of para-hydroxylation sites is 3. The fourth-order valence-corrected chi connectivity index (χ4v) is 4.56. The summed E-state index contributed by atoms with van der Waals surface area (Å²) in [5.74, 6) is 1.22. The van der Waals surface area contributed by atoms with E-state index < -0.39 is 0 Å². The third-order valence-electron chi connectivity index (χ3n) is 5.24. The van der Waals surface area contributed by atoms with Crippen LogP contribution in [0.15, 0.2) is 87.4 Å². The lowest BCUT2D eigenvalue weighted by atomic mass is 10.2. The fraction of sp³-hybridized carbons (Fsp3) is 0.167. The van der Waals surface area contributed by atoms with Gasteiger partial charge in [-0.1, -0.05) is 42.1 Å². The van der Waals surface area contributed by atoms with Crippen LogP contribution in [0.25, 0.3) is 28.2 Å². The highest BCUT2D eigenvalue weighted by Crippen LogP contribution is 2.29. The molecule has 0 aliphatic heterocycles. The molecule has 0 aliphatic rings. The van der Waals surface area contributed by atoms with Crippen LogP contribution in [0.5, 0.6) is 0 Å². The number of thioether (sulfide) groups is 1. The Morgan fingerprint density at radius 2 is 1.84 bits per heavy atom. The molecule has 2 aromatic carbocycles. The molecule has 7 nitrogen and oxygen atoms in total. The summed E-state index contributed by atoms with van der Waals surface area (Å²) < 4.78 is 9.09. The van der Waals surface area contributed by atoms with E-state index in [4.69, 9.17) is 4.42 Å². The van der Waals surface area contributed by atoms with Crippen LogP contribution >= 0.6 is 11.8 Å². The maximum absolute atomic E-state index is 12.2. The van der Waals surface area contributed by atoms with Crippen LogP contribution in [-0.2, 0) is 6.54 Å². The number of rotatable bonds is 7. The van der Waals surface area contributed by atoms with Crippen molar-refractivity contribution < 1.29 is 4.42 Å². The molecular formula is C24H21N5O2S. The summed E-state index contributed by atoms with van der Waals surface area (Å²) >= 11 is 1.62. The molecule has 3 aromatic heterocycles.